The Balaban J connectivity index is 2.46. The van der Waals surface area contributed by atoms with Crippen molar-refractivity contribution in [2.24, 2.45) is 0 Å². The Morgan fingerprint density at radius 1 is 1.20 bits per heavy atom. The maximum Gasteiger partial charge on any atom is 0.220 e. The van der Waals surface area contributed by atoms with Gasteiger partial charge in [-0.25, -0.2) is 0 Å². The van der Waals surface area contributed by atoms with Gasteiger partial charge in [0.25, 0.3) is 0 Å². The lowest BCUT2D eigenvalue weighted by atomic mass is 10.1. The monoisotopic (exact) mass is 208 g/mol. The molecule has 1 saturated heterocycles. The van der Waals surface area contributed by atoms with E-state index in [9.17, 15) is 9.90 Å². The minimum Gasteiger partial charge on any atom is -0.504 e. The molecule has 2 rings (SSSR count). The van der Waals surface area contributed by atoms with E-state index in [0.29, 0.717) is 13.2 Å². The largest absolute Gasteiger partial charge is 0.504 e. The summed E-state index contributed by atoms with van der Waals surface area (Å²) in [4.78, 5) is 11.2. The van der Waals surface area contributed by atoms with Gasteiger partial charge in [0, 0.05) is 5.56 Å². The van der Waals surface area contributed by atoms with Crippen molar-refractivity contribution in [2.45, 2.75) is 12.7 Å². The molecule has 15 heavy (non-hydrogen) atoms. The number of aromatic hydroxyl groups is 1. The van der Waals surface area contributed by atoms with Crippen LogP contribution in [0.2, 0.25) is 0 Å². The molecule has 1 fully saturated rings. The second-order valence-electron chi connectivity index (χ2n) is 3.51. The Hall–Kier alpha value is -1.39. The lowest BCUT2D eigenvalue weighted by Gasteiger charge is -2.21. The van der Waals surface area contributed by atoms with E-state index in [-0.39, 0.29) is 5.75 Å². The van der Waals surface area contributed by atoms with Crippen LogP contribution in [0.1, 0.15) is 12.5 Å². The molecular weight excluding hydrogens is 196 g/mol. The third-order valence-electron chi connectivity index (χ3n) is 2.45. The summed E-state index contributed by atoms with van der Waals surface area (Å²) in [6.45, 7) is 2.85. The fourth-order valence-electron chi connectivity index (χ4n) is 1.54. The first-order chi connectivity index (χ1) is 7.12. The van der Waals surface area contributed by atoms with Crippen LogP contribution in [-0.2, 0) is 15.3 Å². The normalized spacial score (nSPS) is 19.0. The summed E-state index contributed by atoms with van der Waals surface area (Å²) in [5, 5.41) is 9.24. The fourth-order valence-corrected chi connectivity index (χ4v) is 1.54. The van der Waals surface area contributed by atoms with Crippen molar-refractivity contribution in [1.82, 2.24) is 0 Å². The highest BCUT2D eigenvalue weighted by molar-refractivity contribution is 5.26. The maximum atomic E-state index is 11.2. The molecule has 1 aliphatic rings. The first-order valence-electron chi connectivity index (χ1n) is 4.73. The lowest BCUT2D eigenvalue weighted by molar-refractivity contribution is -0.149. The smallest absolute Gasteiger partial charge is 0.220 e. The van der Waals surface area contributed by atoms with Crippen molar-refractivity contribution in [3.05, 3.63) is 40.1 Å². The van der Waals surface area contributed by atoms with E-state index in [2.05, 4.69) is 0 Å². The lowest BCUT2D eigenvalue weighted by Crippen LogP contribution is -2.21. The SMILES string of the molecule is CC1(c2ccc(O)c(=O)cc2)OCCO1. The van der Waals surface area contributed by atoms with Gasteiger partial charge in [0.1, 0.15) is 0 Å². The minimum atomic E-state index is -0.808. The minimum absolute atomic E-state index is 0.275. The highest BCUT2D eigenvalue weighted by Crippen LogP contribution is 2.30. The number of hydrogen-bond acceptors (Lipinski definition) is 4. The highest BCUT2D eigenvalue weighted by Gasteiger charge is 2.32. The molecular formula is C11H12O4. The van der Waals surface area contributed by atoms with Crippen molar-refractivity contribution in [3.63, 3.8) is 0 Å². The molecule has 4 heteroatoms. The summed E-state index contributed by atoms with van der Waals surface area (Å²) in [6, 6.07) is 5.89. The quantitative estimate of drug-likeness (QED) is 0.747. The van der Waals surface area contributed by atoms with E-state index in [1.807, 2.05) is 0 Å². The third kappa shape index (κ3) is 1.86. The number of ether oxygens (including phenoxy) is 2. The van der Waals surface area contributed by atoms with Crippen LogP contribution in [0, 0.1) is 0 Å². The molecule has 1 N–H and O–H groups in total. The molecule has 0 aliphatic carbocycles. The van der Waals surface area contributed by atoms with Crippen molar-refractivity contribution in [2.75, 3.05) is 13.2 Å². The molecule has 0 atom stereocenters. The Morgan fingerprint density at radius 2 is 1.80 bits per heavy atom. The van der Waals surface area contributed by atoms with Gasteiger partial charge in [-0.2, -0.15) is 0 Å². The first kappa shape index (κ1) is 10.1. The zero-order valence-electron chi connectivity index (χ0n) is 8.40. The molecule has 4 nitrogen and oxygen atoms in total. The first-order valence-corrected chi connectivity index (χ1v) is 4.73. The highest BCUT2D eigenvalue weighted by atomic mass is 16.7. The zero-order chi connectivity index (χ0) is 10.9. The maximum absolute atomic E-state index is 11.2. The summed E-state index contributed by atoms with van der Waals surface area (Å²) in [5.74, 6) is -1.08. The van der Waals surface area contributed by atoms with Crippen molar-refractivity contribution < 1.29 is 14.6 Å². The number of rotatable bonds is 1. The Morgan fingerprint density at radius 3 is 2.47 bits per heavy atom. The molecule has 0 amide bonds. The van der Waals surface area contributed by atoms with E-state index in [0.717, 1.165) is 5.56 Å². The van der Waals surface area contributed by atoms with E-state index in [4.69, 9.17) is 9.47 Å². The van der Waals surface area contributed by atoms with Crippen molar-refractivity contribution in [3.8, 4) is 5.75 Å². The second kappa shape index (κ2) is 3.64. The summed E-state index contributed by atoms with van der Waals surface area (Å²) in [7, 11) is 0. The van der Waals surface area contributed by atoms with E-state index < -0.39 is 11.2 Å². The second-order valence-corrected chi connectivity index (χ2v) is 3.51. The van der Waals surface area contributed by atoms with E-state index in [1.165, 1.54) is 12.1 Å². The molecule has 0 spiro atoms. The van der Waals surface area contributed by atoms with Crippen molar-refractivity contribution >= 4 is 0 Å². The van der Waals surface area contributed by atoms with Crippen LogP contribution in [0.5, 0.6) is 5.75 Å². The molecule has 0 unspecified atom stereocenters. The molecule has 0 bridgehead atoms. The average Bonchev–Trinajstić information content (AvgIpc) is 2.57. The molecule has 0 aromatic heterocycles. The van der Waals surface area contributed by atoms with Gasteiger partial charge in [0.2, 0.25) is 5.43 Å². The summed E-state index contributed by atoms with van der Waals surface area (Å²) >= 11 is 0. The van der Waals surface area contributed by atoms with Crippen LogP contribution in [0.25, 0.3) is 0 Å². The third-order valence-corrected chi connectivity index (χ3v) is 2.45. The van der Waals surface area contributed by atoms with Crippen LogP contribution in [0.3, 0.4) is 0 Å². The molecule has 1 heterocycles. The Bertz CT molecular complexity index is 421. The number of hydrogen-bond donors (Lipinski definition) is 1. The summed E-state index contributed by atoms with van der Waals surface area (Å²) in [5.41, 5.74) is 0.306. The van der Waals surface area contributed by atoms with Gasteiger partial charge in [-0.1, -0.05) is 0 Å². The van der Waals surface area contributed by atoms with Crippen LogP contribution in [0.15, 0.2) is 29.1 Å². The fraction of sp³-hybridized carbons (Fsp3) is 0.364. The topological polar surface area (TPSA) is 55.8 Å². The predicted molar refractivity (Wildman–Crippen MR) is 53.6 cm³/mol. The van der Waals surface area contributed by atoms with E-state index in [1.54, 1.807) is 19.1 Å². The van der Waals surface area contributed by atoms with Gasteiger partial charge >= 0.3 is 0 Å². The van der Waals surface area contributed by atoms with Gasteiger partial charge in [0.15, 0.2) is 11.5 Å². The van der Waals surface area contributed by atoms with Crippen molar-refractivity contribution in [1.29, 1.82) is 0 Å². The molecule has 1 aliphatic heterocycles. The van der Waals surface area contributed by atoms with Gasteiger partial charge < -0.3 is 14.6 Å². The molecule has 0 radical (unpaired) electrons. The zero-order valence-corrected chi connectivity index (χ0v) is 8.40. The van der Waals surface area contributed by atoms with Gasteiger partial charge in [-0.15, -0.1) is 0 Å². The summed E-state index contributed by atoms with van der Waals surface area (Å²) < 4.78 is 10.9. The Labute approximate surface area is 87.1 Å². The van der Waals surface area contributed by atoms with Crippen LogP contribution in [-0.4, -0.2) is 18.3 Å². The van der Waals surface area contributed by atoms with Gasteiger partial charge in [0.05, 0.1) is 13.2 Å². The van der Waals surface area contributed by atoms with E-state index >= 15 is 0 Å². The summed E-state index contributed by atoms with van der Waals surface area (Å²) in [6.07, 6.45) is 0. The molecule has 1 aromatic rings. The van der Waals surface area contributed by atoms with Crippen LogP contribution >= 0.6 is 0 Å². The molecule has 0 saturated carbocycles. The average molecular weight is 208 g/mol. The standard InChI is InChI=1S/C11H12O4/c1-11(14-6-7-15-11)8-2-4-9(12)10(13)5-3-8/h2-5H,6-7H2,1H3,(H,12,13). The van der Waals surface area contributed by atoms with Gasteiger partial charge in [-0.05, 0) is 31.2 Å². The van der Waals surface area contributed by atoms with Gasteiger partial charge in [-0.3, -0.25) is 4.79 Å². The molecule has 80 valence electrons. The van der Waals surface area contributed by atoms with Crippen LogP contribution < -0.4 is 5.43 Å². The predicted octanol–water partition coefficient (Wildman–Crippen LogP) is 0.972. The molecule has 1 aromatic carbocycles. The van der Waals surface area contributed by atoms with Crippen LogP contribution in [0.4, 0.5) is 0 Å². The Kier molecular flexibility index (Phi) is 2.46.